The van der Waals surface area contributed by atoms with Gasteiger partial charge in [-0.15, -0.1) is 0 Å². The molecule has 0 saturated heterocycles. The van der Waals surface area contributed by atoms with Gasteiger partial charge in [-0.3, -0.25) is 0 Å². The predicted octanol–water partition coefficient (Wildman–Crippen LogP) is 3.05. The quantitative estimate of drug-likeness (QED) is 0.691. The number of aliphatic hydroxyl groups excluding tert-OH is 1. The van der Waals surface area contributed by atoms with Crippen LogP contribution < -0.4 is 0 Å². The van der Waals surface area contributed by atoms with Gasteiger partial charge in [0.15, 0.2) is 0 Å². The molecule has 1 N–H and O–H groups in total. The van der Waals surface area contributed by atoms with Crippen LogP contribution in [-0.4, -0.2) is 17.4 Å². The fraction of sp³-hybridized carbons (Fsp3) is 0.800. The molecule has 0 aliphatic heterocycles. The van der Waals surface area contributed by atoms with Gasteiger partial charge in [0, 0.05) is 6.08 Å². The van der Waals surface area contributed by atoms with Crippen molar-refractivity contribution in [3.05, 3.63) is 12.2 Å². The average molecular weight is 208 g/mol. The SMILES string of the molecule is O[C@H](/C=C/C(F)(F)F)C1CCCCC1. The van der Waals surface area contributed by atoms with Crippen LogP contribution >= 0.6 is 0 Å². The van der Waals surface area contributed by atoms with E-state index in [0.29, 0.717) is 0 Å². The molecule has 0 heterocycles. The number of alkyl halides is 3. The Kier molecular flexibility index (Phi) is 3.98. The molecule has 1 fully saturated rings. The van der Waals surface area contributed by atoms with Gasteiger partial charge < -0.3 is 5.11 Å². The van der Waals surface area contributed by atoms with Crippen LogP contribution in [0.5, 0.6) is 0 Å². The van der Waals surface area contributed by atoms with E-state index in [1.54, 1.807) is 0 Å². The Morgan fingerprint density at radius 2 is 1.71 bits per heavy atom. The van der Waals surface area contributed by atoms with E-state index in [2.05, 4.69) is 0 Å². The van der Waals surface area contributed by atoms with Gasteiger partial charge in [0.05, 0.1) is 6.10 Å². The summed E-state index contributed by atoms with van der Waals surface area (Å²) in [4.78, 5) is 0. The lowest BCUT2D eigenvalue weighted by Gasteiger charge is -2.24. The molecule has 0 spiro atoms. The highest BCUT2D eigenvalue weighted by Crippen LogP contribution is 2.27. The zero-order valence-corrected chi connectivity index (χ0v) is 7.93. The monoisotopic (exact) mass is 208 g/mol. The van der Waals surface area contributed by atoms with Gasteiger partial charge in [0.1, 0.15) is 0 Å². The van der Waals surface area contributed by atoms with Gasteiger partial charge in [-0.2, -0.15) is 13.2 Å². The van der Waals surface area contributed by atoms with E-state index in [9.17, 15) is 18.3 Å². The van der Waals surface area contributed by atoms with Crippen molar-refractivity contribution >= 4 is 0 Å². The standard InChI is InChI=1S/C10H15F3O/c11-10(12,13)7-6-9(14)8-4-2-1-3-5-8/h6-9,14H,1-5H2/b7-6+/t9-/m1/s1. The van der Waals surface area contributed by atoms with Crippen molar-refractivity contribution in [2.75, 3.05) is 0 Å². The van der Waals surface area contributed by atoms with Crippen molar-refractivity contribution in [2.24, 2.45) is 5.92 Å². The first-order chi connectivity index (χ1) is 6.49. The Hall–Kier alpha value is -0.510. The van der Waals surface area contributed by atoms with E-state index < -0.39 is 12.3 Å². The Labute approximate surface area is 81.6 Å². The molecule has 1 aliphatic rings. The van der Waals surface area contributed by atoms with Crippen LogP contribution in [0.25, 0.3) is 0 Å². The summed E-state index contributed by atoms with van der Waals surface area (Å²) in [5.74, 6) is 0.0161. The molecule has 0 aromatic heterocycles. The van der Waals surface area contributed by atoms with Gasteiger partial charge >= 0.3 is 6.18 Å². The maximum atomic E-state index is 11.8. The van der Waals surface area contributed by atoms with Crippen LogP contribution in [0.4, 0.5) is 13.2 Å². The molecule has 1 aliphatic carbocycles. The lowest BCUT2D eigenvalue weighted by Crippen LogP contribution is -2.21. The van der Waals surface area contributed by atoms with E-state index in [1.807, 2.05) is 0 Å². The highest BCUT2D eigenvalue weighted by Gasteiger charge is 2.25. The molecule has 0 aromatic carbocycles. The van der Waals surface area contributed by atoms with Crippen LogP contribution in [-0.2, 0) is 0 Å². The third kappa shape index (κ3) is 4.13. The second-order valence-electron chi connectivity index (χ2n) is 3.79. The maximum Gasteiger partial charge on any atom is 0.409 e. The molecule has 0 unspecified atom stereocenters. The van der Waals surface area contributed by atoms with Gasteiger partial charge in [-0.05, 0) is 18.8 Å². The van der Waals surface area contributed by atoms with E-state index >= 15 is 0 Å². The summed E-state index contributed by atoms with van der Waals surface area (Å²) >= 11 is 0. The molecule has 0 amide bonds. The first kappa shape index (κ1) is 11.6. The molecule has 0 bridgehead atoms. The van der Waals surface area contributed by atoms with Crippen LogP contribution in [0.1, 0.15) is 32.1 Å². The average Bonchev–Trinajstić information content (AvgIpc) is 2.14. The smallest absolute Gasteiger partial charge is 0.389 e. The van der Waals surface area contributed by atoms with Crippen LogP contribution in [0.2, 0.25) is 0 Å². The highest BCUT2D eigenvalue weighted by molar-refractivity contribution is 4.96. The second kappa shape index (κ2) is 4.82. The summed E-state index contributed by atoms with van der Waals surface area (Å²) in [6.07, 6.45) is 0.594. The second-order valence-corrected chi connectivity index (χ2v) is 3.79. The fourth-order valence-corrected chi connectivity index (χ4v) is 1.84. The largest absolute Gasteiger partial charge is 0.409 e. The van der Waals surface area contributed by atoms with E-state index in [0.717, 1.165) is 38.2 Å². The van der Waals surface area contributed by atoms with Crippen LogP contribution in [0.3, 0.4) is 0 Å². The number of hydrogen-bond donors (Lipinski definition) is 1. The molecule has 0 radical (unpaired) electrons. The van der Waals surface area contributed by atoms with Crippen molar-refractivity contribution in [3.8, 4) is 0 Å². The van der Waals surface area contributed by atoms with E-state index in [4.69, 9.17) is 0 Å². The topological polar surface area (TPSA) is 20.2 Å². The summed E-state index contributed by atoms with van der Waals surface area (Å²) in [5.41, 5.74) is 0. The van der Waals surface area contributed by atoms with Gasteiger partial charge in [0.25, 0.3) is 0 Å². The molecule has 14 heavy (non-hydrogen) atoms. The zero-order chi connectivity index (χ0) is 10.6. The molecule has 82 valence electrons. The summed E-state index contributed by atoms with van der Waals surface area (Å²) in [6.45, 7) is 0. The van der Waals surface area contributed by atoms with Crippen molar-refractivity contribution < 1.29 is 18.3 Å². The summed E-state index contributed by atoms with van der Waals surface area (Å²) < 4.78 is 35.4. The third-order valence-electron chi connectivity index (χ3n) is 2.62. The molecule has 1 nitrogen and oxygen atoms in total. The molecule has 0 aromatic rings. The first-order valence-electron chi connectivity index (χ1n) is 4.93. The number of halogens is 3. The molecule has 4 heteroatoms. The Morgan fingerprint density at radius 1 is 1.14 bits per heavy atom. The lowest BCUT2D eigenvalue weighted by molar-refractivity contribution is -0.0808. The predicted molar refractivity (Wildman–Crippen MR) is 47.8 cm³/mol. The van der Waals surface area contributed by atoms with Gasteiger partial charge in [0.2, 0.25) is 0 Å². The Morgan fingerprint density at radius 3 is 2.21 bits per heavy atom. The van der Waals surface area contributed by atoms with Gasteiger partial charge in [-0.1, -0.05) is 25.3 Å². The minimum Gasteiger partial charge on any atom is -0.389 e. The molecular formula is C10H15F3O. The van der Waals surface area contributed by atoms with Crippen LogP contribution in [0, 0.1) is 5.92 Å². The maximum absolute atomic E-state index is 11.8. The van der Waals surface area contributed by atoms with Crippen LogP contribution in [0.15, 0.2) is 12.2 Å². The molecule has 1 atom stereocenters. The molecule has 1 saturated carbocycles. The van der Waals surface area contributed by atoms with E-state index in [-0.39, 0.29) is 12.0 Å². The first-order valence-corrected chi connectivity index (χ1v) is 4.93. The highest BCUT2D eigenvalue weighted by atomic mass is 19.4. The summed E-state index contributed by atoms with van der Waals surface area (Å²) in [6, 6.07) is 0. The number of allylic oxidation sites excluding steroid dienone is 1. The van der Waals surface area contributed by atoms with Gasteiger partial charge in [-0.25, -0.2) is 0 Å². The number of aliphatic hydroxyl groups is 1. The van der Waals surface area contributed by atoms with Crippen molar-refractivity contribution in [3.63, 3.8) is 0 Å². The van der Waals surface area contributed by atoms with E-state index in [1.165, 1.54) is 0 Å². The van der Waals surface area contributed by atoms with Crippen molar-refractivity contribution in [1.82, 2.24) is 0 Å². The minimum absolute atomic E-state index is 0.0161. The Bertz CT molecular complexity index is 192. The zero-order valence-electron chi connectivity index (χ0n) is 7.93. The number of hydrogen-bond acceptors (Lipinski definition) is 1. The normalized spacial score (nSPS) is 22.9. The third-order valence-corrected chi connectivity index (χ3v) is 2.62. The lowest BCUT2D eigenvalue weighted by atomic mass is 9.85. The number of rotatable bonds is 2. The summed E-state index contributed by atoms with van der Waals surface area (Å²) in [7, 11) is 0. The fourth-order valence-electron chi connectivity index (χ4n) is 1.84. The molecular weight excluding hydrogens is 193 g/mol. The summed E-state index contributed by atoms with van der Waals surface area (Å²) in [5, 5.41) is 9.45. The molecule has 1 rings (SSSR count). The van der Waals surface area contributed by atoms with Crippen molar-refractivity contribution in [2.45, 2.75) is 44.4 Å². The minimum atomic E-state index is -4.31. The Balaban J connectivity index is 2.40. The van der Waals surface area contributed by atoms with Crippen molar-refractivity contribution in [1.29, 1.82) is 0 Å².